The number of nitrogens with zero attached hydrogens (tertiary/aromatic N) is 1. The van der Waals surface area contributed by atoms with E-state index in [1.54, 1.807) is 0 Å². The molecule has 1 atom stereocenters. The van der Waals surface area contributed by atoms with Crippen LogP contribution in [0.15, 0.2) is 22.7 Å². The first-order valence-corrected chi connectivity index (χ1v) is 10.3. The number of carbonyl (C=O) groups is 1. The molecule has 1 amide bonds. The summed E-state index contributed by atoms with van der Waals surface area (Å²) in [6, 6.07) is 6.11. The number of likely N-dealkylation sites (tertiary alicyclic amines) is 1. The van der Waals surface area contributed by atoms with E-state index in [4.69, 9.17) is 9.47 Å². The van der Waals surface area contributed by atoms with Crippen LogP contribution >= 0.6 is 15.9 Å². The Morgan fingerprint density at radius 1 is 1.31 bits per heavy atom. The highest BCUT2D eigenvalue weighted by Crippen LogP contribution is 2.26. The van der Waals surface area contributed by atoms with Crippen molar-refractivity contribution in [1.29, 1.82) is 0 Å². The van der Waals surface area contributed by atoms with Gasteiger partial charge < -0.3 is 14.4 Å². The van der Waals surface area contributed by atoms with Crippen LogP contribution < -0.4 is 4.74 Å². The third-order valence-corrected chi connectivity index (χ3v) is 5.60. The fourth-order valence-electron chi connectivity index (χ4n) is 3.18. The molecule has 26 heavy (non-hydrogen) atoms. The van der Waals surface area contributed by atoms with Gasteiger partial charge >= 0.3 is 6.09 Å². The normalized spacial score (nSPS) is 17.1. The van der Waals surface area contributed by atoms with Crippen LogP contribution in [0.2, 0.25) is 0 Å². The quantitative estimate of drug-likeness (QED) is 0.584. The maximum Gasteiger partial charge on any atom is 0.410 e. The molecule has 1 saturated heterocycles. The second kappa shape index (κ2) is 9.12. The van der Waals surface area contributed by atoms with Crippen LogP contribution in [0, 0.1) is 12.8 Å². The minimum atomic E-state index is -0.425. The first-order valence-electron chi connectivity index (χ1n) is 9.55. The van der Waals surface area contributed by atoms with Gasteiger partial charge in [-0.1, -0.05) is 15.9 Å². The number of hydrogen-bond acceptors (Lipinski definition) is 3. The van der Waals surface area contributed by atoms with Gasteiger partial charge in [0.2, 0.25) is 0 Å². The third kappa shape index (κ3) is 6.82. The first kappa shape index (κ1) is 21.1. The van der Waals surface area contributed by atoms with Crippen LogP contribution in [-0.2, 0) is 4.74 Å². The van der Waals surface area contributed by atoms with Crippen molar-refractivity contribution in [3.05, 3.63) is 28.2 Å². The van der Waals surface area contributed by atoms with Crippen molar-refractivity contribution >= 4 is 22.0 Å². The molecule has 146 valence electrons. The molecule has 1 fully saturated rings. The Morgan fingerprint density at radius 2 is 1.96 bits per heavy atom. The van der Waals surface area contributed by atoms with Gasteiger partial charge in [0.05, 0.1) is 6.10 Å². The number of rotatable bonds is 5. The van der Waals surface area contributed by atoms with Crippen molar-refractivity contribution in [2.24, 2.45) is 5.92 Å². The summed E-state index contributed by atoms with van der Waals surface area (Å²) >= 11 is 3.52. The van der Waals surface area contributed by atoms with Gasteiger partial charge in [-0.3, -0.25) is 0 Å². The molecule has 1 aromatic carbocycles. The van der Waals surface area contributed by atoms with E-state index in [1.807, 2.05) is 37.8 Å². The maximum atomic E-state index is 12.1. The standard InChI is InChI=1S/C21H32BrNO3/c1-15-14-18(8-9-19(15)22)25-16(2)6-7-17-10-12-23(13-11-17)20(24)26-21(3,4)5/h8-9,14,16-17H,6-7,10-13H2,1-5H3. The Balaban J connectivity index is 1.70. The van der Waals surface area contributed by atoms with Crippen LogP contribution in [-0.4, -0.2) is 35.8 Å². The summed E-state index contributed by atoms with van der Waals surface area (Å²) in [7, 11) is 0. The minimum Gasteiger partial charge on any atom is -0.491 e. The van der Waals surface area contributed by atoms with Gasteiger partial charge in [-0.15, -0.1) is 0 Å². The highest BCUT2D eigenvalue weighted by atomic mass is 79.9. The number of amides is 1. The summed E-state index contributed by atoms with van der Waals surface area (Å²) in [6.45, 7) is 11.5. The van der Waals surface area contributed by atoms with E-state index in [1.165, 1.54) is 5.56 Å². The number of aryl methyl sites for hydroxylation is 1. The number of benzene rings is 1. The van der Waals surface area contributed by atoms with Crippen molar-refractivity contribution in [2.75, 3.05) is 13.1 Å². The second-order valence-corrected chi connectivity index (χ2v) is 9.18. The molecule has 0 aliphatic carbocycles. The van der Waals surface area contributed by atoms with Crippen molar-refractivity contribution in [3.63, 3.8) is 0 Å². The lowest BCUT2D eigenvalue weighted by atomic mass is 9.91. The largest absolute Gasteiger partial charge is 0.491 e. The number of halogens is 1. The lowest BCUT2D eigenvalue weighted by Crippen LogP contribution is -2.41. The molecule has 5 heteroatoms. The molecule has 1 aromatic rings. The second-order valence-electron chi connectivity index (χ2n) is 8.33. The highest BCUT2D eigenvalue weighted by molar-refractivity contribution is 9.10. The number of piperidine rings is 1. The average molecular weight is 426 g/mol. The van der Waals surface area contributed by atoms with E-state index < -0.39 is 5.60 Å². The molecule has 0 spiro atoms. The van der Waals surface area contributed by atoms with Crippen LogP contribution in [0.4, 0.5) is 4.79 Å². The van der Waals surface area contributed by atoms with Gasteiger partial charge in [0, 0.05) is 17.6 Å². The fourth-order valence-corrected chi connectivity index (χ4v) is 3.43. The molecule has 1 aliphatic heterocycles. The van der Waals surface area contributed by atoms with Crippen LogP contribution in [0.25, 0.3) is 0 Å². The van der Waals surface area contributed by atoms with Crippen LogP contribution in [0.5, 0.6) is 5.75 Å². The molecule has 2 rings (SSSR count). The van der Waals surface area contributed by atoms with E-state index >= 15 is 0 Å². The first-order chi connectivity index (χ1) is 12.1. The van der Waals surface area contributed by atoms with E-state index in [9.17, 15) is 4.79 Å². The van der Waals surface area contributed by atoms with Gasteiger partial charge in [0.1, 0.15) is 11.4 Å². The molecule has 1 unspecified atom stereocenters. The summed E-state index contributed by atoms with van der Waals surface area (Å²) < 4.78 is 12.6. The van der Waals surface area contributed by atoms with Crippen molar-refractivity contribution in [2.45, 2.75) is 72.0 Å². The predicted molar refractivity (Wildman–Crippen MR) is 109 cm³/mol. The number of hydrogen-bond donors (Lipinski definition) is 0. The van der Waals surface area contributed by atoms with Gasteiger partial charge in [-0.05, 0) is 90.0 Å². The fraction of sp³-hybridized carbons (Fsp3) is 0.667. The topological polar surface area (TPSA) is 38.8 Å². The summed E-state index contributed by atoms with van der Waals surface area (Å²) in [6.07, 6.45) is 4.27. The Kier molecular flexibility index (Phi) is 7.39. The monoisotopic (exact) mass is 425 g/mol. The van der Waals surface area contributed by atoms with E-state index in [-0.39, 0.29) is 12.2 Å². The molecule has 4 nitrogen and oxygen atoms in total. The summed E-state index contributed by atoms with van der Waals surface area (Å²) in [4.78, 5) is 14.0. The maximum absolute atomic E-state index is 12.1. The lowest BCUT2D eigenvalue weighted by Gasteiger charge is -2.33. The SMILES string of the molecule is Cc1cc(OC(C)CCC2CCN(C(=O)OC(C)(C)C)CC2)ccc1Br. The minimum absolute atomic E-state index is 0.182. The number of carbonyl (C=O) groups excluding carboxylic acids is 1. The molecule has 1 heterocycles. The Hall–Kier alpha value is -1.23. The highest BCUT2D eigenvalue weighted by Gasteiger charge is 2.27. The zero-order valence-corrected chi connectivity index (χ0v) is 18.3. The number of ether oxygens (including phenoxy) is 2. The lowest BCUT2D eigenvalue weighted by molar-refractivity contribution is 0.0177. The Bertz CT molecular complexity index is 604. The Labute approximate surface area is 166 Å². The van der Waals surface area contributed by atoms with E-state index in [0.717, 1.165) is 49.0 Å². The average Bonchev–Trinajstić information content (AvgIpc) is 2.55. The zero-order chi connectivity index (χ0) is 19.3. The van der Waals surface area contributed by atoms with E-state index in [0.29, 0.717) is 5.92 Å². The molecule has 1 aliphatic rings. The summed E-state index contributed by atoms with van der Waals surface area (Å²) in [5.74, 6) is 1.59. The van der Waals surface area contributed by atoms with Gasteiger partial charge in [-0.25, -0.2) is 4.79 Å². The van der Waals surface area contributed by atoms with Crippen molar-refractivity contribution < 1.29 is 14.3 Å². The smallest absolute Gasteiger partial charge is 0.410 e. The van der Waals surface area contributed by atoms with Crippen LogP contribution in [0.1, 0.15) is 58.9 Å². The molecule has 0 saturated carbocycles. The Morgan fingerprint density at radius 3 is 2.54 bits per heavy atom. The van der Waals surface area contributed by atoms with Gasteiger partial charge in [0.15, 0.2) is 0 Å². The van der Waals surface area contributed by atoms with Crippen molar-refractivity contribution in [1.82, 2.24) is 4.90 Å². The summed E-state index contributed by atoms with van der Waals surface area (Å²) in [5, 5.41) is 0. The van der Waals surface area contributed by atoms with E-state index in [2.05, 4.69) is 35.8 Å². The van der Waals surface area contributed by atoms with Gasteiger partial charge in [-0.2, -0.15) is 0 Å². The molecule has 0 bridgehead atoms. The molecule has 0 radical (unpaired) electrons. The van der Waals surface area contributed by atoms with Crippen LogP contribution in [0.3, 0.4) is 0 Å². The van der Waals surface area contributed by atoms with Crippen molar-refractivity contribution in [3.8, 4) is 5.75 Å². The molecular weight excluding hydrogens is 394 g/mol. The van der Waals surface area contributed by atoms with Gasteiger partial charge in [0.25, 0.3) is 0 Å². The summed E-state index contributed by atoms with van der Waals surface area (Å²) in [5.41, 5.74) is 0.760. The molecule has 0 aromatic heterocycles. The third-order valence-electron chi connectivity index (χ3n) is 4.71. The zero-order valence-electron chi connectivity index (χ0n) is 16.7. The molecule has 0 N–H and O–H groups in total. The molecular formula is C21H32BrNO3. The predicted octanol–water partition coefficient (Wildman–Crippen LogP) is 5.95.